The molecule has 1 saturated carbocycles. The first-order valence-electron chi connectivity index (χ1n) is 5.16. The molecule has 0 unspecified atom stereocenters. The highest BCUT2D eigenvalue weighted by Gasteiger charge is 2.50. The largest absolute Gasteiger partial charge is 0.390 e. The minimum atomic E-state index is -0.617. The topological polar surface area (TPSA) is 46.2 Å². The highest BCUT2D eigenvalue weighted by molar-refractivity contribution is 5.31. The van der Waals surface area contributed by atoms with E-state index in [0.717, 1.165) is 5.56 Å². The van der Waals surface area contributed by atoms with Crippen molar-refractivity contribution in [3.05, 3.63) is 35.6 Å². The van der Waals surface area contributed by atoms with Crippen molar-refractivity contribution in [2.75, 3.05) is 6.54 Å². The van der Waals surface area contributed by atoms with Gasteiger partial charge in [0, 0.05) is 12.0 Å². The maximum absolute atomic E-state index is 12.8. The Bertz CT molecular complexity index is 350. The molecule has 1 aromatic carbocycles. The second-order valence-electron chi connectivity index (χ2n) is 4.84. The molecule has 2 nitrogen and oxygen atoms in total. The van der Waals surface area contributed by atoms with Gasteiger partial charge in [0.2, 0.25) is 0 Å². The molecule has 1 aliphatic rings. The minimum absolute atomic E-state index is 0.156. The van der Waals surface area contributed by atoms with Gasteiger partial charge in [-0.3, -0.25) is 0 Å². The lowest BCUT2D eigenvalue weighted by atomic mass is 9.57. The molecule has 0 atom stereocenters. The summed E-state index contributed by atoms with van der Waals surface area (Å²) in [6.07, 6.45) is 1.31. The van der Waals surface area contributed by atoms with Crippen molar-refractivity contribution in [3.8, 4) is 0 Å². The van der Waals surface area contributed by atoms with E-state index in [1.165, 1.54) is 12.1 Å². The van der Waals surface area contributed by atoms with Crippen LogP contribution in [0, 0.1) is 5.82 Å². The van der Waals surface area contributed by atoms with Crippen LogP contribution in [0.5, 0.6) is 0 Å². The molecule has 0 saturated heterocycles. The van der Waals surface area contributed by atoms with Crippen LogP contribution in [0.1, 0.15) is 25.3 Å². The van der Waals surface area contributed by atoms with Crippen molar-refractivity contribution in [1.29, 1.82) is 0 Å². The Morgan fingerprint density at radius 3 is 2.27 bits per heavy atom. The zero-order valence-electron chi connectivity index (χ0n) is 8.83. The fraction of sp³-hybridized carbons (Fsp3) is 0.500. The Labute approximate surface area is 88.9 Å². The summed E-state index contributed by atoms with van der Waals surface area (Å²) in [6.45, 7) is 2.30. The summed E-state index contributed by atoms with van der Waals surface area (Å²) < 4.78 is 12.8. The van der Waals surface area contributed by atoms with Crippen LogP contribution in [-0.4, -0.2) is 17.3 Å². The molecule has 82 valence electrons. The van der Waals surface area contributed by atoms with Crippen LogP contribution >= 0.6 is 0 Å². The number of halogens is 1. The van der Waals surface area contributed by atoms with E-state index in [-0.39, 0.29) is 11.2 Å². The van der Waals surface area contributed by atoms with E-state index >= 15 is 0 Å². The molecule has 0 spiro atoms. The third-order valence-electron chi connectivity index (χ3n) is 3.29. The zero-order valence-corrected chi connectivity index (χ0v) is 8.83. The quantitative estimate of drug-likeness (QED) is 0.776. The average Bonchev–Trinajstić information content (AvgIpc) is 2.14. The molecule has 3 N–H and O–H groups in total. The van der Waals surface area contributed by atoms with Crippen LogP contribution in [0.25, 0.3) is 0 Å². The van der Waals surface area contributed by atoms with E-state index in [4.69, 9.17) is 5.73 Å². The van der Waals surface area contributed by atoms with E-state index in [1.807, 2.05) is 6.92 Å². The predicted octanol–water partition coefficient (Wildman–Crippen LogP) is 1.57. The van der Waals surface area contributed by atoms with E-state index in [1.54, 1.807) is 12.1 Å². The third-order valence-corrected chi connectivity index (χ3v) is 3.29. The van der Waals surface area contributed by atoms with Gasteiger partial charge in [-0.1, -0.05) is 12.1 Å². The van der Waals surface area contributed by atoms with Crippen molar-refractivity contribution in [1.82, 2.24) is 0 Å². The monoisotopic (exact) mass is 209 g/mol. The Kier molecular flexibility index (Phi) is 2.32. The van der Waals surface area contributed by atoms with Crippen molar-refractivity contribution >= 4 is 0 Å². The van der Waals surface area contributed by atoms with Crippen LogP contribution in [-0.2, 0) is 5.41 Å². The second kappa shape index (κ2) is 3.29. The van der Waals surface area contributed by atoms with Gasteiger partial charge in [-0.05, 0) is 37.5 Å². The van der Waals surface area contributed by atoms with Crippen LogP contribution in [0.3, 0.4) is 0 Å². The van der Waals surface area contributed by atoms with Gasteiger partial charge >= 0.3 is 0 Å². The first-order valence-corrected chi connectivity index (χ1v) is 5.16. The van der Waals surface area contributed by atoms with Crippen LogP contribution < -0.4 is 5.73 Å². The third kappa shape index (κ3) is 1.77. The molecule has 0 aromatic heterocycles. The van der Waals surface area contributed by atoms with E-state index in [9.17, 15) is 9.50 Å². The molecule has 2 rings (SSSR count). The van der Waals surface area contributed by atoms with Crippen LogP contribution in [0.4, 0.5) is 4.39 Å². The highest BCUT2D eigenvalue weighted by atomic mass is 19.1. The molecule has 3 heteroatoms. The standard InChI is InChI=1S/C12H16FNO/c1-11(15)6-12(7-11,8-14)9-2-4-10(13)5-3-9/h2-5,15H,6-8,14H2,1H3. The van der Waals surface area contributed by atoms with E-state index in [2.05, 4.69) is 0 Å². The lowest BCUT2D eigenvalue weighted by molar-refractivity contribution is -0.0726. The average molecular weight is 209 g/mol. The summed E-state index contributed by atoms with van der Waals surface area (Å²) in [4.78, 5) is 0. The summed E-state index contributed by atoms with van der Waals surface area (Å²) in [5, 5.41) is 9.77. The molecular formula is C12H16FNO. The molecule has 0 aliphatic heterocycles. The first-order chi connectivity index (χ1) is 6.97. The summed E-state index contributed by atoms with van der Waals surface area (Å²) in [5.41, 5.74) is 6.01. The van der Waals surface area contributed by atoms with Gasteiger partial charge in [0.15, 0.2) is 0 Å². The molecule has 0 bridgehead atoms. The molecular weight excluding hydrogens is 193 g/mol. The minimum Gasteiger partial charge on any atom is -0.390 e. The summed E-state index contributed by atoms with van der Waals surface area (Å²) in [5.74, 6) is -0.239. The van der Waals surface area contributed by atoms with Crippen molar-refractivity contribution in [2.45, 2.75) is 30.8 Å². The lowest BCUT2D eigenvalue weighted by Crippen LogP contribution is -2.56. The second-order valence-corrected chi connectivity index (χ2v) is 4.84. The Hall–Kier alpha value is -0.930. The van der Waals surface area contributed by atoms with Gasteiger partial charge in [0.25, 0.3) is 0 Å². The maximum Gasteiger partial charge on any atom is 0.123 e. The van der Waals surface area contributed by atoms with Gasteiger partial charge in [-0.2, -0.15) is 0 Å². The lowest BCUT2D eigenvalue weighted by Gasteiger charge is -2.51. The number of hydrogen-bond donors (Lipinski definition) is 2. The molecule has 0 amide bonds. The normalized spacial score (nSPS) is 34.9. The Morgan fingerprint density at radius 2 is 1.87 bits per heavy atom. The molecule has 1 aliphatic carbocycles. The first kappa shape index (κ1) is 10.6. The van der Waals surface area contributed by atoms with Crippen molar-refractivity contribution in [2.24, 2.45) is 5.73 Å². The number of hydrogen-bond acceptors (Lipinski definition) is 2. The number of aliphatic hydroxyl groups is 1. The van der Waals surface area contributed by atoms with Crippen LogP contribution in [0.15, 0.2) is 24.3 Å². The number of benzene rings is 1. The smallest absolute Gasteiger partial charge is 0.123 e. The number of nitrogens with two attached hydrogens (primary N) is 1. The molecule has 0 heterocycles. The van der Waals surface area contributed by atoms with E-state index < -0.39 is 5.60 Å². The van der Waals surface area contributed by atoms with Gasteiger partial charge in [0.05, 0.1) is 5.60 Å². The predicted molar refractivity (Wildman–Crippen MR) is 57.0 cm³/mol. The summed E-state index contributed by atoms with van der Waals surface area (Å²) in [7, 11) is 0. The number of rotatable bonds is 2. The zero-order chi connectivity index (χ0) is 11.1. The SMILES string of the molecule is CC1(O)CC(CN)(c2ccc(F)cc2)C1. The van der Waals surface area contributed by atoms with Gasteiger partial charge < -0.3 is 10.8 Å². The fourth-order valence-electron chi connectivity index (χ4n) is 2.68. The summed E-state index contributed by atoms with van der Waals surface area (Å²) >= 11 is 0. The Balaban J connectivity index is 2.25. The van der Waals surface area contributed by atoms with Gasteiger partial charge in [0.1, 0.15) is 5.82 Å². The van der Waals surface area contributed by atoms with Crippen molar-refractivity contribution in [3.63, 3.8) is 0 Å². The highest BCUT2D eigenvalue weighted by Crippen LogP contribution is 2.49. The molecule has 1 aromatic rings. The molecule has 15 heavy (non-hydrogen) atoms. The summed E-state index contributed by atoms with van der Waals surface area (Å²) in [6, 6.07) is 6.41. The van der Waals surface area contributed by atoms with Gasteiger partial charge in [-0.25, -0.2) is 4.39 Å². The van der Waals surface area contributed by atoms with Crippen molar-refractivity contribution < 1.29 is 9.50 Å². The van der Waals surface area contributed by atoms with E-state index in [0.29, 0.717) is 19.4 Å². The molecule has 0 radical (unpaired) electrons. The van der Waals surface area contributed by atoms with Gasteiger partial charge in [-0.15, -0.1) is 0 Å². The van der Waals surface area contributed by atoms with Crippen LogP contribution in [0.2, 0.25) is 0 Å². The maximum atomic E-state index is 12.8. The fourth-order valence-corrected chi connectivity index (χ4v) is 2.68. The Morgan fingerprint density at radius 1 is 1.33 bits per heavy atom. The molecule has 1 fully saturated rings.